The van der Waals surface area contributed by atoms with Crippen molar-refractivity contribution in [2.24, 2.45) is 0 Å². The number of carbonyl (C=O) groups is 1. The number of anilines is 1. The summed E-state index contributed by atoms with van der Waals surface area (Å²) in [6.45, 7) is -0.924. The predicted molar refractivity (Wildman–Crippen MR) is 51.1 cm³/mol. The molecule has 0 aliphatic heterocycles. The topological polar surface area (TPSA) is 50.4 Å². The number of halogens is 1. The summed E-state index contributed by atoms with van der Waals surface area (Å²) < 4.78 is 16.6. The first kappa shape index (κ1) is 10.3. The predicted octanol–water partition coefficient (Wildman–Crippen LogP) is 1.74. The second-order valence-electron chi connectivity index (χ2n) is 2.45. The van der Waals surface area contributed by atoms with E-state index >= 15 is 0 Å². The molecule has 0 saturated heterocycles. The molecule has 1 rings (SSSR count). The van der Waals surface area contributed by atoms with Crippen LogP contribution in [0.3, 0.4) is 0 Å². The van der Waals surface area contributed by atoms with Gasteiger partial charge in [-0.2, -0.15) is 0 Å². The van der Waals surface area contributed by atoms with Crippen LogP contribution in [0.5, 0.6) is 5.75 Å². The zero-order valence-electron chi connectivity index (χ0n) is 7.71. The highest BCUT2D eigenvalue weighted by molar-refractivity contribution is 5.90. The molecule has 14 heavy (non-hydrogen) atoms. The number of rotatable bonds is 3. The van der Waals surface area contributed by atoms with Crippen LogP contribution in [0.4, 0.5) is 14.9 Å². The van der Waals surface area contributed by atoms with Crippen LogP contribution in [0, 0.1) is 0 Å². The van der Waals surface area contributed by atoms with Crippen LogP contribution in [0.25, 0.3) is 0 Å². The van der Waals surface area contributed by atoms with E-state index in [9.17, 15) is 9.18 Å². The van der Waals surface area contributed by atoms with E-state index in [0.717, 1.165) is 0 Å². The molecule has 0 spiro atoms. The molecule has 1 aromatic rings. The van der Waals surface area contributed by atoms with E-state index in [2.05, 4.69) is 15.4 Å². The summed E-state index contributed by atoms with van der Waals surface area (Å²) in [5.41, 5.74) is 0.435. The Bertz CT molecular complexity index is 317. The minimum atomic E-state index is -0.924. The van der Waals surface area contributed by atoms with E-state index in [-0.39, 0.29) is 6.03 Å². The highest BCUT2D eigenvalue weighted by Gasteiger charge is 2.04. The van der Waals surface area contributed by atoms with Gasteiger partial charge in [0.25, 0.3) is 0 Å². The maximum atomic E-state index is 11.9. The third-order valence-electron chi connectivity index (χ3n) is 1.57. The standard InChI is InChI=1S/C9H11FN2O2/c1-11-9(13)12-7-4-2-3-5-8(7)14-6-10/h2-5H,6H2,1H3,(H2,11,12,13). The van der Waals surface area contributed by atoms with Crippen molar-refractivity contribution in [2.45, 2.75) is 0 Å². The number of para-hydroxylation sites is 2. The Labute approximate surface area is 81.1 Å². The maximum Gasteiger partial charge on any atom is 0.319 e. The molecule has 0 unspecified atom stereocenters. The Morgan fingerprint density at radius 2 is 2.21 bits per heavy atom. The number of urea groups is 1. The first-order valence-corrected chi connectivity index (χ1v) is 4.04. The molecule has 2 N–H and O–H groups in total. The fourth-order valence-corrected chi connectivity index (χ4v) is 0.939. The summed E-state index contributed by atoms with van der Waals surface area (Å²) >= 11 is 0. The van der Waals surface area contributed by atoms with Crippen molar-refractivity contribution in [3.8, 4) is 5.75 Å². The van der Waals surface area contributed by atoms with Crippen LogP contribution in [0.15, 0.2) is 24.3 Å². The number of carbonyl (C=O) groups excluding carboxylic acids is 1. The number of ether oxygens (including phenoxy) is 1. The summed E-state index contributed by atoms with van der Waals surface area (Å²) in [6, 6.07) is 6.24. The average molecular weight is 198 g/mol. The molecule has 0 aliphatic carbocycles. The summed E-state index contributed by atoms with van der Waals surface area (Å²) in [4.78, 5) is 11.0. The first-order chi connectivity index (χ1) is 6.77. The molecule has 2 amide bonds. The molecule has 0 heterocycles. The SMILES string of the molecule is CNC(=O)Nc1ccccc1OCF. The molecule has 0 saturated carbocycles. The molecule has 4 nitrogen and oxygen atoms in total. The Hall–Kier alpha value is -1.78. The van der Waals surface area contributed by atoms with Crippen LogP contribution in [-0.2, 0) is 0 Å². The fourth-order valence-electron chi connectivity index (χ4n) is 0.939. The number of nitrogens with one attached hydrogen (secondary N) is 2. The lowest BCUT2D eigenvalue weighted by molar-refractivity contribution is 0.192. The number of alkyl halides is 1. The van der Waals surface area contributed by atoms with Gasteiger partial charge in [-0.15, -0.1) is 0 Å². The molecule has 0 radical (unpaired) electrons. The highest BCUT2D eigenvalue weighted by Crippen LogP contribution is 2.23. The van der Waals surface area contributed by atoms with Gasteiger partial charge < -0.3 is 15.4 Å². The van der Waals surface area contributed by atoms with Crippen LogP contribution in [0.2, 0.25) is 0 Å². The Balaban J connectivity index is 2.78. The van der Waals surface area contributed by atoms with Gasteiger partial charge in [-0.05, 0) is 12.1 Å². The Morgan fingerprint density at radius 3 is 2.86 bits per heavy atom. The zero-order chi connectivity index (χ0) is 10.4. The second kappa shape index (κ2) is 5.06. The first-order valence-electron chi connectivity index (χ1n) is 4.04. The van der Waals surface area contributed by atoms with E-state index in [1.54, 1.807) is 24.3 Å². The van der Waals surface area contributed by atoms with Crippen LogP contribution in [0.1, 0.15) is 0 Å². The van der Waals surface area contributed by atoms with Crippen LogP contribution >= 0.6 is 0 Å². The molecule has 0 bridgehead atoms. The van der Waals surface area contributed by atoms with E-state index in [4.69, 9.17) is 0 Å². The second-order valence-corrected chi connectivity index (χ2v) is 2.45. The monoisotopic (exact) mass is 198 g/mol. The summed E-state index contributed by atoms with van der Waals surface area (Å²) in [7, 11) is 1.49. The van der Waals surface area contributed by atoms with Gasteiger partial charge >= 0.3 is 6.03 Å². The van der Waals surface area contributed by atoms with Gasteiger partial charge in [-0.1, -0.05) is 12.1 Å². The van der Waals surface area contributed by atoms with Crippen molar-refractivity contribution >= 4 is 11.7 Å². The molecular weight excluding hydrogens is 187 g/mol. The fraction of sp³-hybridized carbons (Fsp3) is 0.222. The molecule has 0 fully saturated rings. The normalized spacial score (nSPS) is 9.29. The zero-order valence-corrected chi connectivity index (χ0v) is 7.71. The van der Waals surface area contributed by atoms with Gasteiger partial charge in [0.15, 0.2) is 0 Å². The van der Waals surface area contributed by atoms with E-state index in [1.807, 2.05) is 0 Å². The van der Waals surface area contributed by atoms with E-state index < -0.39 is 6.86 Å². The molecule has 0 aliphatic rings. The van der Waals surface area contributed by atoms with Gasteiger partial charge in [0, 0.05) is 7.05 Å². The molecule has 76 valence electrons. The van der Waals surface area contributed by atoms with Crippen molar-refractivity contribution in [1.29, 1.82) is 0 Å². The van der Waals surface area contributed by atoms with Gasteiger partial charge in [0.2, 0.25) is 6.86 Å². The number of benzene rings is 1. The van der Waals surface area contributed by atoms with Crippen LogP contribution in [-0.4, -0.2) is 19.9 Å². The van der Waals surface area contributed by atoms with E-state index in [1.165, 1.54) is 7.05 Å². The Morgan fingerprint density at radius 1 is 1.50 bits per heavy atom. The van der Waals surface area contributed by atoms with Crippen molar-refractivity contribution in [3.05, 3.63) is 24.3 Å². The van der Waals surface area contributed by atoms with Crippen molar-refractivity contribution < 1.29 is 13.9 Å². The maximum absolute atomic E-state index is 11.9. The van der Waals surface area contributed by atoms with Gasteiger partial charge in [-0.25, -0.2) is 9.18 Å². The summed E-state index contributed by atoms with van der Waals surface area (Å²) in [5, 5.41) is 4.89. The summed E-state index contributed by atoms with van der Waals surface area (Å²) in [6.07, 6.45) is 0. The van der Waals surface area contributed by atoms with Crippen molar-refractivity contribution in [2.75, 3.05) is 19.2 Å². The third kappa shape index (κ3) is 2.62. The van der Waals surface area contributed by atoms with Gasteiger partial charge in [0.1, 0.15) is 5.75 Å². The lowest BCUT2D eigenvalue weighted by atomic mass is 10.3. The van der Waals surface area contributed by atoms with E-state index in [0.29, 0.717) is 11.4 Å². The smallest absolute Gasteiger partial charge is 0.319 e. The number of hydrogen-bond acceptors (Lipinski definition) is 2. The quantitative estimate of drug-likeness (QED) is 0.777. The molecule has 0 aromatic heterocycles. The lowest BCUT2D eigenvalue weighted by Gasteiger charge is -2.09. The largest absolute Gasteiger partial charge is 0.461 e. The van der Waals surface area contributed by atoms with Crippen molar-refractivity contribution in [3.63, 3.8) is 0 Å². The van der Waals surface area contributed by atoms with Crippen molar-refractivity contribution in [1.82, 2.24) is 5.32 Å². The molecule has 5 heteroatoms. The van der Waals surface area contributed by atoms with Gasteiger partial charge in [-0.3, -0.25) is 0 Å². The molecule has 1 aromatic carbocycles. The highest BCUT2D eigenvalue weighted by atomic mass is 19.1. The number of hydrogen-bond donors (Lipinski definition) is 2. The molecule has 0 atom stereocenters. The summed E-state index contributed by atoms with van der Waals surface area (Å²) in [5.74, 6) is 0.304. The average Bonchev–Trinajstić information content (AvgIpc) is 2.21. The lowest BCUT2D eigenvalue weighted by Crippen LogP contribution is -2.24. The minimum Gasteiger partial charge on any atom is -0.461 e. The Kier molecular flexibility index (Phi) is 3.72. The molecular formula is C9H11FN2O2. The van der Waals surface area contributed by atoms with Gasteiger partial charge in [0.05, 0.1) is 5.69 Å². The third-order valence-corrected chi connectivity index (χ3v) is 1.57. The number of amides is 2. The minimum absolute atomic E-state index is 0.304. The van der Waals surface area contributed by atoms with Crippen LogP contribution < -0.4 is 15.4 Å².